The van der Waals surface area contributed by atoms with Crippen molar-refractivity contribution in [1.82, 2.24) is 0 Å². The SMILES string of the molecule is CCc1cccc(C)c1NC(=O)C1(C#N)CCCC1. The molecule has 1 aromatic carbocycles. The van der Waals surface area contributed by atoms with E-state index in [0.29, 0.717) is 12.8 Å². The zero-order valence-electron chi connectivity index (χ0n) is 11.6. The summed E-state index contributed by atoms with van der Waals surface area (Å²) in [7, 11) is 0. The minimum atomic E-state index is -0.812. The van der Waals surface area contributed by atoms with Crippen LogP contribution in [0.1, 0.15) is 43.7 Å². The molecule has 0 aliphatic heterocycles. The summed E-state index contributed by atoms with van der Waals surface area (Å²) in [6.45, 7) is 4.06. The van der Waals surface area contributed by atoms with Gasteiger partial charge in [0.2, 0.25) is 5.91 Å². The summed E-state index contributed by atoms with van der Waals surface area (Å²) in [5.74, 6) is -0.128. The molecule has 3 nitrogen and oxygen atoms in total. The normalized spacial score (nSPS) is 16.9. The Balaban J connectivity index is 2.27. The first-order valence-corrected chi connectivity index (χ1v) is 6.94. The molecule has 0 aromatic heterocycles. The van der Waals surface area contributed by atoms with Gasteiger partial charge in [0.1, 0.15) is 5.41 Å². The molecule has 3 heteroatoms. The van der Waals surface area contributed by atoms with Gasteiger partial charge >= 0.3 is 0 Å². The van der Waals surface area contributed by atoms with Crippen molar-refractivity contribution in [3.05, 3.63) is 29.3 Å². The van der Waals surface area contributed by atoms with E-state index in [-0.39, 0.29) is 5.91 Å². The topological polar surface area (TPSA) is 52.9 Å². The highest BCUT2D eigenvalue weighted by molar-refractivity contribution is 5.98. The van der Waals surface area contributed by atoms with Crippen LogP contribution < -0.4 is 5.32 Å². The predicted octanol–water partition coefficient (Wildman–Crippen LogP) is 3.58. The van der Waals surface area contributed by atoms with E-state index in [1.54, 1.807) is 0 Å². The Morgan fingerprint density at radius 1 is 1.42 bits per heavy atom. The van der Waals surface area contributed by atoms with E-state index in [1.807, 2.05) is 25.1 Å². The van der Waals surface area contributed by atoms with Gasteiger partial charge in [0.05, 0.1) is 6.07 Å². The molecule has 19 heavy (non-hydrogen) atoms. The van der Waals surface area contributed by atoms with Crippen molar-refractivity contribution >= 4 is 11.6 Å². The number of nitrogens with one attached hydrogen (secondary N) is 1. The lowest BCUT2D eigenvalue weighted by Crippen LogP contribution is -2.33. The standard InChI is InChI=1S/C16H20N2O/c1-3-13-8-6-7-12(2)14(13)18-15(19)16(11-17)9-4-5-10-16/h6-8H,3-5,9-10H2,1-2H3,(H,18,19). The minimum Gasteiger partial charge on any atom is -0.324 e. The second-order valence-corrected chi connectivity index (χ2v) is 5.32. The van der Waals surface area contributed by atoms with Gasteiger partial charge in [-0.2, -0.15) is 5.26 Å². The van der Waals surface area contributed by atoms with Gasteiger partial charge < -0.3 is 5.32 Å². The molecule has 2 rings (SSSR count). The second-order valence-electron chi connectivity index (χ2n) is 5.32. The second kappa shape index (κ2) is 5.44. The van der Waals surface area contributed by atoms with Gasteiger partial charge in [0.15, 0.2) is 0 Å². The summed E-state index contributed by atoms with van der Waals surface area (Å²) < 4.78 is 0. The molecule has 100 valence electrons. The number of hydrogen-bond donors (Lipinski definition) is 1. The third kappa shape index (κ3) is 2.49. The molecular formula is C16H20N2O. The molecule has 0 atom stereocenters. The fourth-order valence-electron chi connectivity index (χ4n) is 2.80. The van der Waals surface area contributed by atoms with Crippen LogP contribution in [0.2, 0.25) is 0 Å². The van der Waals surface area contributed by atoms with Crippen molar-refractivity contribution in [2.75, 3.05) is 5.32 Å². The van der Waals surface area contributed by atoms with E-state index in [1.165, 1.54) is 0 Å². The van der Waals surface area contributed by atoms with Crippen molar-refractivity contribution in [2.24, 2.45) is 5.41 Å². The molecule has 1 amide bonds. The Bertz CT molecular complexity index is 522. The van der Waals surface area contributed by atoms with Crippen molar-refractivity contribution in [2.45, 2.75) is 46.0 Å². The molecule has 1 saturated carbocycles. The lowest BCUT2D eigenvalue weighted by molar-refractivity contribution is -0.122. The maximum atomic E-state index is 12.5. The minimum absolute atomic E-state index is 0.128. The first-order chi connectivity index (χ1) is 9.13. The zero-order valence-corrected chi connectivity index (χ0v) is 11.6. The van der Waals surface area contributed by atoms with Crippen molar-refractivity contribution < 1.29 is 4.79 Å². The Morgan fingerprint density at radius 2 is 2.11 bits per heavy atom. The molecule has 0 saturated heterocycles. The first-order valence-electron chi connectivity index (χ1n) is 6.94. The lowest BCUT2D eigenvalue weighted by atomic mass is 9.86. The molecule has 0 unspecified atom stereocenters. The number of rotatable bonds is 3. The van der Waals surface area contributed by atoms with Crippen LogP contribution >= 0.6 is 0 Å². The van der Waals surface area contributed by atoms with E-state index in [2.05, 4.69) is 18.3 Å². The molecule has 1 N–H and O–H groups in total. The van der Waals surface area contributed by atoms with Gasteiger partial charge in [0, 0.05) is 5.69 Å². The Kier molecular flexibility index (Phi) is 3.90. The fourth-order valence-corrected chi connectivity index (χ4v) is 2.80. The predicted molar refractivity (Wildman–Crippen MR) is 75.7 cm³/mol. The van der Waals surface area contributed by atoms with E-state index in [0.717, 1.165) is 36.1 Å². The highest BCUT2D eigenvalue weighted by atomic mass is 16.2. The number of carbonyl (C=O) groups excluding carboxylic acids is 1. The van der Waals surface area contributed by atoms with Crippen LogP contribution in [-0.4, -0.2) is 5.91 Å². The number of para-hydroxylation sites is 1. The summed E-state index contributed by atoms with van der Waals surface area (Å²) >= 11 is 0. The highest BCUT2D eigenvalue weighted by Crippen LogP contribution is 2.39. The maximum Gasteiger partial charge on any atom is 0.244 e. The first kappa shape index (κ1) is 13.6. The zero-order chi connectivity index (χ0) is 13.9. The van der Waals surface area contributed by atoms with Crippen LogP contribution in [-0.2, 0) is 11.2 Å². The van der Waals surface area contributed by atoms with Crippen molar-refractivity contribution in [3.8, 4) is 6.07 Å². The smallest absolute Gasteiger partial charge is 0.244 e. The van der Waals surface area contributed by atoms with Gasteiger partial charge in [-0.15, -0.1) is 0 Å². The van der Waals surface area contributed by atoms with Gasteiger partial charge in [-0.25, -0.2) is 0 Å². The molecule has 1 aliphatic rings. The number of benzene rings is 1. The Labute approximate surface area is 114 Å². The van der Waals surface area contributed by atoms with Crippen LogP contribution in [0.5, 0.6) is 0 Å². The van der Waals surface area contributed by atoms with Crippen LogP contribution in [0.25, 0.3) is 0 Å². The van der Waals surface area contributed by atoms with Gasteiger partial charge in [-0.1, -0.05) is 38.0 Å². The average molecular weight is 256 g/mol. The number of nitrogens with zero attached hydrogens (tertiary/aromatic N) is 1. The Morgan fingerprint density at radius 3 is 2.68 bits per heavy atom. The number of anilines is 1. The molecule has 1 fully saturated rings. The third-order valence-corrected chi connectivity index (χ3v) is 4.08. The number of carbonyl (C=O) groups is 1. The average Bonchev–Trinajstić information content (AvgIpc) is 2.91. The third-order valence-electron chi connectivity index (χ3n) is 4.08. The van der Waals surface area contributed by atoms with Crippen LogP contribution in [0.4, 0.5) is 5.69 Å². The van der Waals surface area contributed by atoms with E-state index >= 15 is 0 Å². The van der Waals surface area contributed by atoms with Crippen LogP contribution in [0, 0.1) is 23.7 Å². The molecule has 1 aromatic rings. The molecule has 0 radical (unpaired) electrons. The monoisotopic (exact) mass is 256 g/mol. The van der Waals surface area contributed by atoms with Gasteiger partial charge in [-0.05, 0) is 37.3 Å². The number of hydrogen-bond acceptors (Lipinski definition) is 2. The summed E-state index contributed by atoms with van der Waals surface area (Å²) in [5.41, 5.74) is 2.25. The summed E-state index contributed by atoms with van der Waals surface area (Å²) in [4.78, 5) is 12.5. The van der Waals surface area contributed by atoms with Gasteiger partial charge in [0.25, 0.3) is 0 Å². The van der Waals surface area contributed by atoms with Gasteiger partial charge in [-0.3, -0.25) is 4.79 Å². The largest absolute Gasteiger partial charge is 0.324 e. The highest BCUT2D eigenvalue weighted by Gasteiger charge is 2.41. The number of aryl methyl sites for hydroxylation is 2. The summed E-state index contributed by atoms with van der Waals surface area (Å²) in [5, 5.41) is 12.4. The summed E-state index contributed by atoms with van der Waals surface area (Å²) in [6, 6.07) is 8.25. The fraction of sp³-hybridized carbons (Fsp3) is 0.500. The van der Waals surface area contributed by atoms with Crippen molar-refractivity contribution in [3.63, 3.8) is 0 Å². The molecule has 1 aliphatic carbocycles. The van der Waals surface area contributed by atoms with E-state index in [4.69, 9.17) is 0 Å². The van der Waals surface area contributed by atoms with Crippen LogP contribution in [0.3, 0.4) is 0 Å². The molecule has 0 bridgehead atoms. The molecule has 0 heterocycles. The Hall–Kier alpha value is -1.82. The molecule has 0 spiro atoms. The van der Waals surface area contributed by atoms with Crippen LogP contribution in [0.15, 0.2) is 18.2 Å². The maximum absolute atomic E-state index is 12.5. The quantitative estimate of drug-likeness (QED) is 0.898. The number of nitriles is 1. The lowest BCUT2D eigenvalue weighted by Gasteiger charge is -2.21. The number of amides is 1. The summed E-state index contributed by atoms with van der Waals surface area (Å²) in [6.07, 6.45) is 4.17. The van der Waals surface area contributed by atoms with E-state index in [9.17, 15) is 10.1 Å². The van der Waals surface area contributed by atoms with E-state index < -0.39 is 5.41 Å². The van der Waals surface area contributed by atoms with Crippen molar-refractivity contribution in [1.29, 1.82) is 5.26 Å². The molecular weight excluding hydrogens is 236 g/mol.